The lowest BCUT2D eigenvalue weighted by Crippen LogP contribution is -2.67. The second-order valence-electron chi connectivity index (χ2n) is 11.5. The Morgan fingerprint density at radius 1 is 0.788 bits per heavy atom. The van der Waals surface area contributed by atoms with Crippen molar-refractivity contribution in [3.63, 3.8) is 0 Å². The van der Waals surface area contributed by atoms with E-state index in [0.717, 1.165) is 0 Å². The number of hydrogen-bond acceptors (Lipinski definition) is 3. The summed E-state index contributed by atoms with van der Waals surface area (Å²) < 4.78 is 19.4. The highest BCUT2D eigenvalue weighted by Gasteiger charge is 2.51. The average Bonchev–Trinajstić information content (AvgIpc) is 2.74. The summed E-state index contributed by atoms with van der Waals surface area (Å²) >= 11 is 0. The van der Waals surface area contributed by atoms with Crippen molar-refractivity contribution < 1.29 is 13.6 Å². The standard InChI is InChI=1S/C28H45O3Si2/c1-23(21-24(29-8)22-30-32(9,10)27(2,3)4)31-33(28(5,6)7,25-17-13-11-14-18-25)26-19-15-12-16-20-26/h11-21,23-24H,22H2,1-10H3/t23-,24-/m0/s1. The van der Waals surface area contributed by atoms with Gasteiger partial charge in [-0.3, -0.25) is 0 Å². The molecule has 0 aliphatic heterocycles. The van der Waals surface area contributed by atoms with Gasteiger partial charge in [-0.15, -0.1) is 0 Å². The van der Waals surface area contributed by atoms with Crippen LogP contribution in [0.25, 0.3) is 0 Å². The molecule has 3 nitrogen and oxygen atoms in total. The summed E-state index contributed by atoms with van der Waals surface area (Å²) in [7, 11) is -2.69. The Morgan fingerprint density at radius 3 is 1.61 bits per heavy atom. The number of benzene rings is 2. The van der Waals surface area contributed by atoms with Gasteiger partial charge in [0.15, 0.2) is 8.32 Å². The van der Waals surface area contributed by atoms with E-state index in [2.05, 4.69) is 129 Å². The molecule has 0 unspecified atom stereocenters. The van der Waals surface area contributed by atoms with Crippen LogP contribution in [0.5, 0.6) is 0 Å². The Balaban J connectivity index is 2.33. The van der Waals surface area contributed by atoms with E-state index >= 15 is 0 Å². The zero-order valence-electron chi connectivity index (χ0n) is 22.4. The van der Waals surface area contributed by atoms with E-state index in [4.69, 9.17) is 13.6 Å². The van der Waals surface area contributed by atoms with Crippen LogP contribution in [-0.4, -0.2) is 42.6 Å². The second-order valence-corrected chi connectivity index (χ2v) is 20.6. The van der Waals surface area contributed by atoms with Crippen molar-refractivity contribution >= 4 is 27.0 Å². The summed E-state index contributed by atoms with van der Waals surface area (Å²) in [6, 6.07) is 21.5. The fourth-order valence-electron chi connectivity index (χ4n) is 4.02. The minimum absolute atomic E-state index is 0.0575. The molecule has 0 N–H and O–H groups in total. The molecule has 1 radical (unpaired) electrons. The molecule has 33 heavy (non-hydrogen) atoms. The molecule has 183 valence electrons. The smallest absolute Gasteiger partial charge is 0.261 e. The van der Waals surface area contributed by atoms with Crippen LogP contribution in [0, 0.1) is 6.42 Å². The molecule has 5 heteroatoms. The van der Waals surface area contributed by atoms with Crippen LogP contribution in [0.4, 0.5) is 0 Å². The maximum absolute atomic E-state index is 7.17. The van der Waals surface area contributed by atoms with E-state index in [1.807, 2.05) is 0 Å². The minimum Gasteiger partial charge on any atom is -0.414 e. The van der Waals surface area contributed by atoms with Crippen LogP contribution < -0.4 is 10.4 Å². The summed E-state index contributed by atoms with van der Waals surface area (Å²) in [5.41, 5.74) is 0. The molecule has 0 bridgehead atoms. The van der Waals surface area contributed by atoms with Crippen LogP contribution in [0.3, 0.4) is 0 Å². The van der Waals surface area contributed by atoms with E-state index < -0.39 is 16.6 Å². The first-order valence-electron chi connectivity index (χ1n) is 12.1. The normalized spacial score (nSPS) is 15.3. The van der Waals surface area contributed by atoms with Crippen LogP contribution in [0.1, 0.15) is 48.5 Å². The van der Waals surface area contributed by atoms with Gasteiger partial charge < -0.3 is 13.6 Å². The molecule has 0 saturated carbocycles. The van der Waals surface area contributed by atoms with Gasteiger partial charge in [-0.25, -0.2) is 0 Å². The topological polar surface area (TPSA) is 27.7 Å². The Kier molecular flexibility index (Phi) is 9.33. The van der Waals surface area contributed by atoms with Crippen LogP contribution in [0.2, 0.25) is 23.2 Å². The summed E-state index contributed by atoms with van der Waals surface area (Å²) in [5, 5.41) is 2.69. The predicted octanol–water partition coefficient (Wildman–Crippen LogP) is 6.19. The molecule has 0 spiro atoms. The predicted molar refractivity (Wildman–Crippen MR) is 146 cm³/mol. The fourth-order valence-corrected chi connectivity index (χ4v) is 9.69. The van der Waals surface area contributed by atoms with Gasteiger partial charge in [-0.05, 0) is 40.5 Å². The second kappa shape index (κ2) is 11.0. The molecule has 0 fully saturated rings. The van der Waals surface area contributed by atoms with Gasteiger partial charge in [0.2, 0.25) is 0 Å². The quantitative estimate of drug-likeness (QED) is 0.375. The molecule has 2 aromatic rings. The molecular formula is C28H45O3Si2. The SMILES string of the molecule is CO[C@@H]([CH][C@H](C)O[Si](c1ccccc1)(c1ccccc1)C(C)(C)C)CO[Si](C)(C)C(C)(C)C. The Labute approximate surface area is 205 Å². The zero-order valence-corrected chi connectivity index (χ0v) is 24.4. The monoisotopic (exact) mass is 485 g/mol. The van der Waals surface area contributed by atoms with Crippen LogP contribution in [-0.2, 0) is 13.6 Å². The summed E-state index contributed by atoms with van der Waals surface area (Å²) in [6.07, 6.45) is 1.96. The summed E-state index contributed by atoms with van der Waals surface area (Å²) in [6.45, 7) is 21.0. The first-order valence-corrected chi connectivity index (χ1v) is 16.9. The number of ether oxygens (including phenoxy) is 1. The van der Waals surface area contributed by atoms with E-state index in [1.54, 1.807) is 7.11 Å². The number of hydrogen-bond donors (Lipinski definition) is 0. The zero-order chi connectivity index (χ0) is 24.9. The Morgan fingerprint density at radius 2 is 1.24 bits per heavy atom. The van der Waals surface area contributed by atoms with Crippen LogP contribution in [0.15, 0.2) is 60.7 Å². The van der Waals surface area contributed by atoms with Crippen molar-refractivity contribution in [3.05, 3.63) is 67.1 Å². The maximum Gasteiger partial charge on any atom is 0.261 e. The molecule has 0 heterocycles. The highest BCUT2D eigenvalue weighted by atomic mass is 28.4. The fraction of sp³-hybridized carbons (Fsp3) is 0.536. The highest BCUT2D eigenvalue weighted by molar-refractivity contribution is 6.99. The molecule has 2 rings (SSSR count). The van der Waals surface area contributed by atoms with Gasteiger partial charge >= 0.3 is 0 Å². The van der Waals surface area contributed by atoms with E-state index in [1.165, 1.54) is 10.4 Å². The molecule has 0 aliphatic rings. The number of methoxy groups -OCH3 is 1. The molecule has 0 saturated heterocycles. The van der Waals surface area contributed by atoms with Crippen molar-refractivity contribution in [3.8, 4) is 0 Å². The van der Waals surface area contributed by atoms with Crippen LogP contribution >= 0.6 is 0 Å². The molecule has 0 aromatic heterocycles. The maximum atomic E-state index is 7.17. The molecule has 0 amide bonds. The van der Waals surface area contributed by atoms with E-state index in [-0.39, 0.29) is 22.3 Å². The molecule has 2 atom stereocenters. The van der Waals surface area contributed by atoms with Crippen molar-refractivity contribution in [2.24, 2.45) is 0 Å². The van der Waals surface area contributed by atoms with Gasteiger partial charge in [-0.1, -0.05) is 102 Å². The van der Waals surface area contributed by atoms with E-state index in [9.17, 15) is 0 Å². The van der Waals surface area contributed by atoms with Gasteiger partial charge in [0, 0.05) is 19.6 Å². The van der Waals surface area contributed by atoms with Gasteiger partial charge in [0.25, 0.3) is 8.32 Å². The number of rotatable bonds is 10. The minimum atomic E-state index is -2.60. The van der Waals surface area contributed by atoms with Crippen molar-refractivity contribution in [1.29, 1.82) is 0 Å². The average molecular weight is 486 g/mol. The molecular weight excluding hydrogens is 440 g/mol. The largest absolute Gasteiger partial charge is 0.414 e. The Bertz CT molecular complexity index is 799. The lowest BCUT2D eigenvalue weighted by molar-refractivity contribution is 0.0579. The van der Waals surface area contributed by atoms with Crippen molar-refractivity contribution in [1.82, 2.24) is 0 Å². The molecule has 0 aliphatic carbocycles. The molecule has 2 aromatic carbocycles. The van der Waals surface area contributed by atoms with Gasteiger partial charge in [0.05, 0.1) is 12.7 Å². The summed E-state index contributed by atoms with van der Waals surface area (Å²) in [5.74, 6) is 0. The first-order chi connectivity index (χ1) is 15.2. The lowest BCUT2D eigenvalue weighted by Gasteiger charge is -2.45. The first kappa shape index (κ1) is 28.0. The highest BCUT2D eigenvalue weighted by Crippen LogP contribution is 2.38. The van der Waals surface area contributed by atoms with Gasteiger partial charge in [-0.2, -0.15) is 0 Å². The Hall–Kier alpha value is -1.25. The van der Waals surface area contributed by atoms with Crippen molar-refractivity contribution in [2.45, 2.75) is 83.8 Å². The lowest BCUT2D eigenvalue weighted by atomic mass is 10.2. The van der Waals surface area contributed by atoms with E-state index in [0.29, 0.717) is 6.61 Å². The third-order valence-electron chi connectivity index (χ3n) is 6.98. The van der Waals surface area contributed by atoms with Crippen molar-refractivity contribution in [2.75, 3.05) is 13.7 Å². The third kappa shape index (κ3) is 6.67. The summed E-state index contributed by atoms with van der Waals surface area (Å²) in [4.78, 5) is 0. The third-order valence-corrected chi connectivity index (χ3v) is 16.6. The van der Waals surface area contributed by atoms with Gasteiger partial charge in [0.1, 0.15) is 0 Å².